The molecule has 2 aliphatic heterocycles. The second-order valence-corrected chi connectivity index (χ2v) is 9.22. The molecule has 2 unspecified atom stereocenters. The molecule has 1 saturated heterocycles. The number of aromatic amines is 1. The fourth-order valence-electron chi connectivity index (χ4n) is 5.89. The number of nitrogens with zero attached hydrogens (tertiary/aromatic N) is 1. The van der Waals surface area contributed by atoms with E-state index in [1.165, 1.54) is 22.2 Å². The van der Waals surface area contributed by atoms with Crippen LogP contribution < -0.4 is 14.8 Å². The van der Waals surface area contributed by atoms with Crippen LogP contribution in [0.5, 0.6) is 11.5 Å². The lowest BCUT2D eigenvalue weighted by Crippen LogP contribution is -2.44. The highest BCUT2D eigenvalue weighted by molar-refractivity contribution is 5.94. The van der Waals surface area contributed by atoms with Gasteiger partial charge in [-0.25, -0.2) is 0 Å². The van der Waals surface area contributed by atoms with E-state index in [4.69, 9.17) is 9.47 Å². The molecule has 3 heterocycles. The highest BCUT2D eigenvalue weighted by Gasteiger charge is 2.44. The Kier molecular flexibility index (Phi) is 6.02. The van der Waals surface area contributed by atoms with Gasteiger partial charge in [-0.2, -0.15) is 0 Å². The standard InChI is InChI=1S/C27H33N3O3/c1-4-17-8-7-12-30-13-11-22-21-9-5-6-10-23(21)29-25(22)26(30)24(17)27(31)28-18-14-19(32-2)16-20(15-18)33-3/h5-6,9-10,14-17,24,26,29H,4,7-8,11-13H2,1-3H3,(H,28,31)/t17?,24?,26-/m0/s1. The van der Waals surface area contributed by atoms with Crippen LogP contribution in [0.4, 0.5) is 5.69 Å². The summed E-state index contributed by atoms with van der Waals surface area (Å²) in [5.41, 5.74) is 4.48. The molecule has 1 aromatic heterocycles. The van der Waals surface area contributed by atoms with Crippen molar-refractivity contribution >= 4 is 22.5 Å². The molecule has 1 fully saturated rings. The van der Waals surface area contributed by atoms with E-state index in [0.717, 1.165) is 38.8 Å². The van der Waals surface area contributed by atoms with Crippen molar-refractivity contribution in [2.24, 2.45) is 11.8 Å². The summed E-state index contributed by atoms with van der Waals surface area (Å²) in [5, 5.41) is 4.50. The van der Waals surface area contributed by atoms with Gasteiger partial charge in [-0.05, 0) is 43.4 Å². The molecular weight excluding hydrogens is 414 g/mol. The quantitative estimate of drug-likeness (QED) is 0.567. The lowest BCUT2D eigenvalue weighted by Gasteiger charge is -2.40. The first-order valence-electron chi connectivity index (χ1n) is 12.0. The largest absolute Gasteiger partial charge is 0.497 e. The van der Waals surface area contributed by atoms with Gasteiger partial charge < -0.3 is 19.8 Å². The molecule has 2 N–H and O–H groups in total. The smallest absolute Gasteiger partial charge is 0.229 e. The van der Waals surface area contributed by atoms with Crippen LogP contribution in [0.25, 0.3) is 10.9 Å². The molecule has 174 valence electrons. The molecule has 1 amide bonds. The Labute approximate surface area is 195 Å². The molecule has 0 radical (unpaired) electrons. The second-order valence-electron chi connectivity index (χ2n) is 9.22. The fourth-order valence-corrected chi connectivity index (χ4v) is 5.89. The van der Waals surface area contributed by atoms with E-state index < -0.39 is 0 Å². The van der Waals surface area contributed by atoms with Gasteiger partial charge in [0.25, 0.3) is 0 Å². The average molecular weight is 448 g/mol. The Hall–Kier alpha value is -2.99. The number of benzene rings is 2. The number of H-pyrrole nitrogens is 1. The highest BCUT2D eigenvalue weighted by Crippen LogP contribution is 2.45. The van der Waals surface area contributed by atoms with Crippen LogP contribution in [-0.4, -0.2) is 43.1 Å². The van der Waals surface area contributed by atoms with E-state index in [-0.39, 0.29) is 17.9 Å². The maximum atomic E-state index is 13.9. The van der Waals surface area contributed by atoms with Gasteiger partial charge in [0.1, 0.15) is 11.5 Å². The summed E-state index contributed by atoms with van der Waals surface area (Å²) < 4.78 is 10.8. The van der Waals surface area contributed by atoms with Crippen LogP contribution in [0.3, 0.4) is 0 Å². The number of rotatable bonds is 5. The number of methoxy groups -OCH3 is 2. The number of amides is 1. The third kappa shape index (κ3) is 3.97. The molecule has 2 aliphatic rings. The first-order valence-corrected chi connectivity index (χ1v) is 12.0. The van der Waals surface area contributed by atoms with Gasteiger partial charge in [0.05, 0.1) is 26.2 Å². The van der Waals surface area contributed by atoms with Crippen LogP contribution in [0.15, 0.2) is 42.5 Å². The molecule has 6 nitrogen and oxygen atoms in total. The Bertz CT molecular complexity index is 1130. The van der Waals surface area contributed by atoms with Crippen molar-refractivity contribution in [3.63, 3.8) is 0 Å². The summed E-state index contributed by atoms with van der Waals surface area (Å²) in [6.07, 6.45) is 4.20. The van der Waals surface area contributed by atoms with E-state index in [9.17, 15) is 4.79 Å². The van der Waals surface area contributed by atoms with E-state index in [2.05, 4.69) is 46.4 Å². The number of para-hydroxylation sites is 1. The zero-order chi connectivity index (χ0) is 22.9. The van der Waals surface area contributed by atoms with Gasteiger partial charge in [-0.1, -0.05) is 31.5 Å². The van der Waals surface area contributed by atoms with Crippen LogP contribution in [0, 0.1) is 11.8 Å². The number of carbonyl (C=O) groups excluding carboxylic acids is 1. The fraction of sp³-hybridized carbons (Fsp3) is 0.444. The number of nitrogens with one attached hydrogen (secondary N) is 2. The van der Waals surface area contributed by atoms with Crippen molar-refractivity contribution < 1.29 is 14.3 Å². The molecule has 3 aromatic rings. The van der Waals surface area contributed by atoms with Crippen LogP contribution in [-0.2, 0) is 11.2 Å². The van der Waals surface area contributed by atoms with Crippen molar-refractivity contribution in [3.05, 3.63) is 53.7 Å². The maximum absolute atomic E-state index is 13.9. The topological polar surface area (TPSA) is 66.6 Å². The predicted molar refractivity (Wildman–Crippen MR) is 131 cm³/mol. The Balaban J connectivity index is 1.55. The van der Waals surface area contributed by atoms with Gasteiger partial charge in [0, 0.05) is 47.0 Å². The highest BCUT2D eigenvalue weighted by atomic mass is 16.5. The van der Waals surface area contributed by atoms with Crippen LogP contribution in [0.2, 0.25) is 0 Å². The minimum absolute atomic E-state index is 0.0566. The van der Waals surface area contributed by atoms with Crippen LogP contribution >= 0.6 is 0 Å². The maximum Gasteiger partial charge on any atom is 0.229 e. The van der Waals surface area contributed by atoms with Gasteiger partial charge in [0.2, 0.25) is 5.91 Å². The Morgan fingerprint density at radius 1 is 1.12 bits per heavy atom. The van der Waals surface area contributed by atoms with Crippen molar-refractivity contribution in [3.8, 4) is 11.5 Å². The first-order chi connectivity index (χ1) is 16.1. The zero-order valence-corrected chi connectivity index (χ0v) is 19.7. The number of ether oxygens (including phenoxy) is 2. The number of aromatic nitrogens is 1. The minimum atomic E-state index is -0.137. The van der Waals surface area contributed by atoms with E-state index in [1.54, 1.807) is 14.2 Å². The molecule has 0 saturated carbocycles. The molecule has 33 heavy (non-hydrogen) atoms. The normalized spacial score (nSPS) is 22.8. The van der Waals surface area contributed by atoms with E-state index in [0.29, 0.717) is 23.1 Å². The van der Waals surface area contributed by atoms with Gasteiger partial charge in [-0.15, -0.1) is 0 Å². The second kappa shape index (κ2) is 9.10. The molecule has 5 rings (SSSR count). The minimum Gasteiger partial charge on any atom is -0.497 e. The number of carbonyl (C=O) groups is 1. The summed E-state index contributed by atoms with van der Waals surface area (Å²) in [5.74, 6) is 1.58. The summed E-state index contributed by atoms with van der Waals surface area (Å²) in [4.78, 5) is 20.2. The molecule has 6 heteroatoms. The number of hydrogen-bond donors (Lipinski definition) is 2. The summed E-state index contributed by atoms with van der Waals surface area (Å²) in [6, 6.07) is 14.1. The van der Waals surface area contributed by atoms with Crippen molar-refractivity contribution in [2.75, 3.05) is 32.6 Å². The predicted octanol–water partition coefficient (Wildman–Crippen LogP) is 5.16. The molecule has 0 spiro atoms. The number of hydrogen-bond acceptors (Lipinski definition) is 4. The van der Waals surface area contributed by atoms with Crippen LogP contribution in [0.1, 0.15) is 43.5 Å². The van der Waals surface area contributed by atoms with Gasteiger partial charge in [-0.3, -0.25) is 9.69 Å². The SMILES string of the molecule is CCC1CCCN2CCc3c([nH]c4ccccc34)[C@@H]2C1C(=O)Nc1cc(OC)cc(OC)c1. The summed E-state index contributed by atoms with van der Waals surface area (Å²) in [6.45, 7) is 4.24. The first kappa shape index (κ1) is 21.8. The number of anilines is 1. The summed E-state index contributed by atoms with van der Waals surface area (Å²) >= 11 is 0. The third-order valence-electron chi connectivity index (χ3n) is 7.50. The molecular formula is C27H33N3O3. The lowest BCUT2D eigenvalue weighted by molar-refractivity contribution is -0.124. The molecule has 2 aromatic carbocycles. The summed E-state index contributed by atoms with van der Waals surface area (Å²) in [7, 11) is 3.24. The molecule has 0 bridgehead atoms. The lowest BCUT2D eigenvalue weighted by atomic mass is 9.78. The van der Waals surface area contributed by atoms with Gasteiger partial charge in [0.15, 0.2) is 0 Å². The zero-order valence-electron chi connectivity index (χ0n) is 19.7. The Morgan fingerprint density at radius 2 is 1.88 bits per heavy atom. The van der Waals surface area contributed by atoms with Gasteiger partial charge >= 0.3 is 0 Å². The van der Waals surface area contributed by atoms with Crippen molar-refractivity contribution in [2.45, 2.75) is 38.6 Å². The molecule has 0 aliphatic carbocycles. The van der Waals surface area contributed by atoms with Crippen molar-refractivity contribution in [1.29, 1.82) is 0 Å². The average Bonchev–Trinajstić information content (AvgIpc) is 3.10. The third-order valence-corrected chi connectivity index (χ3v) is 7.50. The van der Waals surface area contributed by atoms with E-state index in [1.807, 2.05) is 18.2 Å². The Morgan fingerprint density at radius 3 is 2.61 bits per heavy atom. The van der Waals surface area contributed by atoms with E-state index >= 15 is 0 Å². The molecule has 3 atom stereocenters. The van der Waals surface area contributed by atoms with Crippen molar-refractivity contribution in [1.82, 2.24) is 9.88 Å². The monoisotopic (exact) mass is 447 g/mol. The number of fused-ring (bicyclic) bond motifs is 5.